The Balaban J connectivity index is 1.76. The topological polar surface area (TPSA) is 63.6 Å². The van der Waals surface area contributed by atoms with Crippen LogP contribution >= 0.6 is 22.9 Å². The standard InChI is InChI=1S/C19H11ClN4OS/c20-12-7-5-11(6-8-12)13-9-10-21-17-16(13)18(25)24(23-17)19-22-14-3-1-2-4-15(14)26-19/h1-10H,(H,21,23). The fourth-order valence-electron chi connectivity index (χ4n) is 2.99. The molecular formula is C19H11ClN4OS. The third-order valence-electron chi connectivity index (χ3n) is 4.21. The molecule has 26 heavy (non-hydrogen) atoms. The average Bonchev–Trinajstić information content (AvgIpc) is 3.23. The van der Waals surface area contributed by atoms with Crippen molar-refractivity contribution in [2.24, 2.45) is 0 Å². The second-order valence-electron chi connectivity index (χ2n) is 5.81. The average molecular weight is 379 g/mol. The molecule has 0 aliphatic carbocycles. The molecule has 0 fully saturated rings. The van der Waals surface area contributed by atoms with Crippen molar-refractivity contribution in [3.05, 3.63) is 76.2 Å². The molecule has 5 nitrogen and oxygen atoms in total. The van der Waals surface area contributed by atoms with Crippen molar-refractivity contribution < 1.29 is 0 Å². The molecule has 0 saturated carbocycles. The van der Waals surface area contributed by atoms with Crippen molar-refractivity contribution in [1.82, 2.24) is 19.7 Å². The van der Waals surface area contributed by atoms with Gasteiger partial charge in [0, 0.05) is 11.2 Å². The molecule has 3 heterocycles. The monoisotopic (exact) mass is 378 g/mol. The normalized spacial score (nSPS) is 11.4. The van der Waals surface area contributed by atoms with Gasteiger partial charge in [0.15, 0.2) is 5.65 Å². The van der Waals surface area contributed by atoms with Gasteiger partial charge in [-0.1, -0.05) is 47.2 Å². The Morgan fingerprint density at radius 1 is 1.04 bits per heavy atom. The molecule has 1 N–H and O–H groups in total. The molecule has 0 spiro atoms. The molecule has 0 radical (unpaired) electrons. The largest absolute Gasteiger partial charge is 0.283 e. The van der Waals surface area contributed by atoms with Gasteiger partial charge < -0.3 is 0 Å². The van der Waals surface area contributed by atoms with Gasteiger partial charge >= 0.3 is 0 Å². The zero-order valence-electron chi connectivity index (χ0n) is 13.3. The Hall–Kier alpha value is -2.96. The van der Waals surface area contributed by atoms with Crippen LogP contribution in [0.1, 0.15) is 0 Å². The highest BCUT2D eigenvalue weighted by Crippen LogP contribution is 2.28. The summed E-state index contributed by atoms with van der Waals surface area (Å²) >= 11 is 7.44. The number of fused-ring (bicyclic) bond motifs is 2. The van der Waals surface area contributed by atoms with E-state index in [2.05, 4.69) is 15.1 Å². The van der Waals surface area contributed by atoms with Crippen LogP contribution in [0.25, 0.3) is 37.5 Å². The minimum atomic E-state index is -0.169. The molecule has 0 atom stereocenters. The molecule has 7 heteroatoms. The van der Waals surface area contributed by atoms with Crippen LogP contribution in [0.2, 0.25) is 5.02 Å². The lowest BCUT2D eigenvalue weighted by Gasteiger charge is -2.01. The SMILES string of the molecule is O=c1c2c(-c3ccc(Cl)cc3)ccnc2[nH]n1-c1nc2ccccc2s1. The predicted molar refractivity (Wildman–Crippen MR) is 105 cm³/mol. The zero-order chi connectivity index (χ0) is 17.7. The van der Waals surface area contributed by atoms with E-state index in [4.69, 9.17) is 11.6 Å². The van der Waals surface area contributed by atoms with E-state index in [1.54, 1.807) is 6.20 Å². The fraction of sp³-hybridized carbons (Fsp3) is 0. The van der Waals surface area contributed by atoms with Crippen LogP contribution in [0.3, 0.4) is 0 Å². The van der Waals surface area contributed by atoms with Crippen molar-refractivity contribution in [3.8, 4) is 16.3 Å². The summed E-state index contributed by atoms with van der Waals surface area (Å²) in [6, 6.07) is 17.0. The number of pyridine rings is 1. The minimum Gasteiger partial charge on any atom is -0.271 e. The van der Waals surface area contributed by atoms with E-state index in [1.807, 2.05) is 54.6 Å². The molecule has 3 aromatic heterocycles. The molecule has 0 aliphatic rings. The van der Waals surface area contributed by atoms with Gasteiger partial charge in [-0.3, -0.25) is 9.89 Å². The van der Waals surface area contributed by atoms with Crippen molar-refractivity contribution in [3.63, 3.8) is 0 Å². The van der Waals surface area contributed by atoms with E-state index in [0.29, 0.717) is 21.2 Å². The number of aromatic amines is 1. The van der Waals surface area contributed by atoms with E-state index < -0.39 is 0 Å². The number of nitrogens with one attached hydrogen (secondary N) is 1. The van der Waals surface area contributed by atoms with Crippen molar-refractivity contribution in [2.75, 3.05) is 0 Å². The molecule has 126 valence electrons. The first-order chi connectivity index (χ1) is 12.7. The molecule has 0 saturated heterocycles. The van der Waals surface area contributed by atoms with Crippen LogP contribution in [0.4, 0.5) is 0 Å². The van der Waals surface area contributed by atoms with Crippen molar-refractivity contribution in [2.45, 2.75) is 0 Å². The molecule has 0 aliphatic heterocycles. The predicted octanol–water partition coefficient (Wildman–Crippen LogP) is 4.64. The maximum atomic E-state index is 13.1. The Kier molecular flexibility index (Phi) is 3.41. The van der Waals surface area contributed by atoms with E-state index in [0.717, 1.165) is 21.3 Å². The van der Waals surface area contributed by atoms with Crippen molar-refractivity contribution >= 4 is 44.2 Å². The highest BCUT2D eigenvalue weighted by atomic mass is 35.5. The molecule has 0 unspecified atom stereocenters. The number of nitrogens with zero attached hydrogens (tertiary/aromatic N) is 3. The highest BCUT2D eigenvalue weighted by molar-refractivity contribution is 7.20. The summed E-state index contributed by atoms with van der Waals surface area (Å²) in [6.07, 6.45) is 1.69. The van der Waals surface area contributed by atoms with Gasteiger partial charge in [0.2, 0.25) is 5.13 Å². The summed E-state index contributed by atoms with van der Waals surface area (Å²) in [7, 11) is 0. The van der Waals surface area contributed by atoms with Gasteiger partial charge in [-0.2, -0.15) is 4.68 Å². The second-order valence-corrected chi connectivity index (χ2v) is 7.25. The smallest absolute Gasteiger partial charge is 0.271 e. The third-order valence-corrected chi connectivity index (χ3v) is 5.49. The van der Waals surface area contributed by atoms with Gasteiger partial charge in [-0.25, -0.2) is 9.97 Å². The Morgan fingerprint density at radius 2 is 1.85 bits per heavy atom. The lowest BCUT2D eigenvalue weighted by molar-refractivity contribution is 0.851. The first kappa shape index (κ1) is 15.3. The van der Waals surface area contributed by atoms with Gasteiger partial charge in [0.1, 0.15) is 0 Å². The molecule has 0 bridgehead atoms. The van der Waals surface area contributed by atoms with Crippen LogP contribution in [-0.4, -0.2) is 19.7 Å². The number of rotatable bonds is 2. The van der Waals surface area contributed by atoms with Crippen molar-refractivity contribution in [1.29, 1.82) is 0 Å². The quantitative estimate of drug-likeness (QED) is 0.486. The highest BCUT2D eigenvalue weighted by Gasteiger charge is 2.16. The maximum absolute atomic E-state index is 13.1. The van der Waals surface area contributed by atoms with Crippen LogP contribution in [-0.2, 0) is 0 Å². The van der Waals surface area contributed by atoms with Gasteiger partial charge in [0.05, 0.1) is 15.6 Å². The minimum absolute atomic E-state index is 0.169. The number of para-hydroxylation sites is 1. The summed E-state index contributed by atoms with van der Waals surface area (Å²) in [6.45, 7) is 0. The van der Waals surface area contributed by atoms with Crippen LogP contribution in [0, 0.1) is 0 Å². The van der Waals surface area contributed by atoms with Gasteiger partial charge in [-0.05, 0) is 41.5 Å². The van der Waals surface area contributed by atoms with E-state index in [1.165, 1.54) is 16.0 Å². The first-order valence-electron chi connectivity index (χ1n) is 7.92. The Morgan fingerprint density at radius 3 is 2.65 bits per heavy atom. The number of hydrogen-bond acceptors (Lipinski definition) is 4. The zero-order valence-corrected chi connectivity index (χ0v) is 14.9. The molecule has 5 aromatic rings. The van der Waals surface area contributed by atoms with Crippen LogP contribution in [0.5, 0.6) is 0 Å². The van der Waals surface area contributed by atoms with Gasteiger partial charge in [0.25, 0.3) is 5.56 Å². The number of H-pyrrole nitrogens is 1. The van der Waals surface area contributed by atoms with E-state index in [-0.39, 0.29) is 5.56 Å². The molecule has 0 amide bonds. The number of halogens is 1. The number of aromatic nitrogens is 4. The Bertz CT molecular complexity index is 1280. The Labute approximate surface area is 156 Å². The number of benzene rings is 2. The maximum Gasteiger partial charge on any atom is 0.283 e. The second kappa shape index (κ2) is 5.79. The van der Waals surface area contributed by atoms with Gasteiger partial charge in [-0.15, -0.1) is 0 Å². The van der Waals surface area contributed by atoms with Crippen LogP contribution in [0.15, 0.2) is 65.6 Å². The summed E-state index contributed by atoms with van der Waals surface area (Å²) in [5.74, 6) is 0. The van der Waals surface area contributed by atoms with E-state index in [9.17, 15) is 4.79 Å². The lowest BCUT2D eigenvalue weighted by Crippen LogP contribution is -2.14. The van der Waals surface area contributed by atoms with E-state index >= 15 is 0 Å². The summed E-state index contributed by atoms with van der Waals surface area (Å²) in [5.41, 5.74) is 2.95. The summed E-state index contributed by atoms with van der Waals surface area (Å²) in [5, 5.41) is 4.86. The number of hydrogen-bond donors (Lipinski definition) is 1. The molecule has 5 rings (SSSR count). The molecular weight excluding hydrogens is 368 g/mol. The number of thiazole rings is 1. The lowest BCUT2D eigenvalue weighted by atomic mass is 10.0. The van der Waals surface area contributed by atoms with Crippen LogP contribution < -0.4 is 5.56 Å². The first-order valence-corrected chi connectivity index (χ1v) is 9.12. The summed E-state index contributed by atoms with van der Waals surface area (Å²) < 4.78 is 2.49. The molecule has 2 aromatic carbocycles. The third kappa shape index (κ3) is 2.34. The fourth-order valence-corrected chi connectivity index (χ4v) is 4.04. The summed E-state index contributed by atoms with van der Waals surface area (Å²) in [4.78, 5) is 22.0.